The van der Waals surface area contributed by atoms with Crippen molar-refractivity contribution in [3.05, 3.63) is 24.3 Å². The van der Waals surface area contributed by atoms with Gasteiger partial charge in [0.15, 0.2) is 6.29 Å². The average molecular weight is 384 g/mol. The molecule has 1 rings (SSSR count). The highest BCUT2D eigenvalue weighted by atomic mass is 32.2. The molecule has 1 saturated carbocycles. The highest BCUT2D eigenvalue weighted by Gasteiger charge is 2.36. The first-order valence-corrected chi connectivity index (χ1v) is 11.1. The maximum atomic E-state index is 12.1. The zero-order valence-electron chi connectivity index (χ0n) is 16.8. The lowest BCUT2D eigenvalue weighted by Gasteiger charge is -2.41. The van der Waals surface area contributed by atoms with Crippen LogP contribution in [0.2, 0.25) is 0 Å². The molecule has 6 unspecified atom stereocenters. The van der Waals surface area contributed by atoms with Gasteiger partial charge in [-0.3, -0.25) is 4.79 Å². The largest absolute Gasteiger partial charge is 0.368 e. The molecular formula is C21H37NO3S. The summed E-state index contributed by atoms with van der Waals surface area (Å²) in [7, 11) is -0.450. The van der Waals surface area contributed by atoms with Crippen molar-refractivity contribution >= 4 is 22.4 Å². The van der Waals surface area contributed by atoms with E-state index in [1.807, 2.05) is 0 Å². The Balaban J connectivity index is 2.44. The molecule has 6 atom stereocenters. The van der Waals surface area contributed by atoms with Gasteiger partial charge < -0.3 is 14.9 Å². The van der Waals surface area contributed by atoms with Crippen LogP contribution in [0.4, 0.5) is 0 Å². The van der Waals surface area contributed by atoms with Gasteiger partial charge in [0.1, 0.15) is 0 Å². The molecule has 1 fully saturated rings. The molecule has 0 heterocycles. The van der Waals surface area contributed by atoms with E-state index in [4.69, 9.17) is 0 Å². The minimum Gasteiger partial charge on any atom is -0.368 e. The molecule has 150 valence electrons. The summed E-state index contributed by atoms with van der Waals surface area (Å²) in [5, 5.41) is 19.7. The topological polar surface area (TPSA) is 69.6 Å². The fourth-order valence-electron chi connectivity index (χ4n) is 3.65. The van der Waals surface area contributed by atoms with Crippen molar-refractivity contribution in [2.75, 3.05) is 0 Å². The fraction of sp³-hybridized carbons (Fsp3) is 0.714. The van der Waals surface area contributed by atoms with Crippen LogP contribution in [-0.2, 0) is 4.79 Å². The third-order valence-electron chi connectivity index (χ3n) is 6.02. The van der Waals surface area contributed by atoms with Crippen molar-refractivity contribution in [1.29, 1.82) is 0 Å². The highest BCUT2D eigenvalue weighted by Crippen LogP contribution is 2.42. The standard InChI is InChI=1S/C21H37NO3S/c1-7-9-16(4)20(23)22-26(6)17(5)14(2)10-8-11-19(21(24)25)18-13-12-15(18)3/h7,9,14-15,17-19,21,24-25H,1,6,8,10-13H2,2-5H3,(H,22,23)/b16-9+. The van der Waals surface area contributed by atoms with Crippen LogP contribution < -0.4 is 4.72 Å². The van der Waals surface area contributed by atoms with Gasteiger partial charge in [-0.15, -0.1) is 0 Å². The second kappa shape index (κ2) is 11.1. The van der Waals surface area contributed by atoms with Gasteiger partial charge in [-0.25, -0.2) is 0 Å². The van der Waals surface area contributed by atoms with Gasteiger partial charge in [0.25, 0.3) is 5.91 Å². The van der Waals surface area contributed by atoms with E-state index in [0.717, 1.165) is 25.7 Å². The molecule has 0 radical (unpaired) electrons. The number of hydrogen-bond acceptors (Lipinski definition) is 3. The van der Waals surface area contributed by atoms with Gasteiger partial charge in [0.2, 0.25) is 0 Å². The van der Waals surface area contributed by atoms with Crippen molar-refractivity contribution in [1.82, 2.24) is 4.72 Å². The Morgan fingerprint density at radius 1 is 1.31 bits per heavy atom. The molecular weight excluding hydrogens is 346 g/mol. The minimum atomic E-state index is -1.21. The second-order valence-corrected chi connectivity index (χ2v) is 9.66. The number of rotatable bonds is 11. The van der Waals surface area contributed by atoms with Gasteiger partial charge in [0, 0.05) is 16.7 Å². The van der Waals surface area contributed by atoms with Gasteiger partial charge >= 0.3 is 0 Å². The normalized spacial score (nSPS) is 25.1. The molecule has 26 heavy (non-hydrogen) atoms. The van der Waals surface area contributed by atoms with E-state index in [1.54, 1.807) is 19.1 Å². The molecule has 0 bridgehead atoms. The number of nitrogens with one attached hydrogen (secondary N) is 1. The number of aliphatic hydroxyl groups excluding tert-OH is 1. The Kier molecular flexibility index (Phi) is 9.83. The average Bonchev–Trinajstić information content (AvgIpc) is 2.58. The lowest BCUT2D eigenvalue weighted by Crippen LogP contribution is -2.37. The molecule has 5 heteroatoms. The van der Waals surface area contributed by atoms with E-state index in [9.17, 15) is 15.0 Å². The minimum absolute atomic E-state index is 0.00866. The van der Waals surface area contributed by atoms with Crippen molar-refractivity contribution in [2.24, 2.45) is 23.7 Å². The van der Waals surface area contributed by atoms with Gasteiger partial charge in [-0.1, -0.05) is 68.9 Å². The van der Waals surface area contributed by atoms with E-state index in [0.29, 0.717) is 23.3 Å². The molecule has 0 spiro atoms. The Labute approximate surface area is 161 Å². The van der Waals surface area contributed by atoms with E-state index in [1.165, 1.54) is 6.42 Å². The number of allylic oxidation sites excluding steroid dienone is 2. The third kappa shape index (κ3) is 6.67. The van der Waals surface area contributed by atoms with Crippen LogP contribution in [0.5, 0.6) is 0 Å². The van der Waals surface area contributed by atoms with Crippen LogP contribution in [0.25, 0.3) is 0 Å². The van der Waals surface area contributed by atoms with E-state index >= 15 is 0 Å². The van der Waals surface area contributed by atoms with Gasteiger partial charge in [-0.2, -0.15) is 0 Å². The van der Waals surface area contributed by atoms with Crippen molar-refractivity contribution in [2.45, 2.75) is 71.3 Å². The summed E-state index contributed by atoms with van der Waals surface area (Å²) in [4.78, 5) is 12.1. The summed E-state index contributed by atoms with van der Waals surface area (Å²) >= 11 is 0. The first-order chi connectivity index (χ1) is 12.2. The Morgan fingerprint density at radius 2 is 1.96 bits per heavy atom. The molecule has 4 nitrogen and oxygen atoms in total. The lowest BCUT2D eigenvalue weighted by atomic mass is 9.66. The summed E-state index contributed by atoms with van der Waals surface area (Å²) in [6, 6.07) is 0. The predicted molar refractivity (Wildman–Crippen MR) is 113 cm³/mol. The number of carbonyl (C=O) groups excluding carboxylic acids is 1. The molecule has 1 amide bonds. The summed E-state index contributed by atoms with van der Waals surface area (Å²) in [6.07, 6.45) is 7.23. The van der Waals surface area contributed by atoms with Crippen LogP contribution in [0, 0.1) is 23.7 Å². The van der Waals surface area contributed by atoms with Crippen LogP contribution in [0.1, 0.15) is 59.8 Å². The van der Waals surface area contributed by atoms with Crippen molar-refractivity contribution < 1.29 is 15.0 Å². The monoisotopic (exact) mass is 383 g/mol. The van der Waals surface area contributed by atoms with Crippen LogP contribution in [-0.4, -0.2) is 33.5 Å². The maximum Gasteiger partial charge on any atom is 0.256 e. The predicted octanol–water partition coefficient (Wildman–Crippen LogP) is 4.02. The SMILES string of the molecule is C=C/C=C(\C)C(=O)NS(=C)C(C)C(C)CCCC(C(O)O)C1CCC1C. The number of carbonyl (C=O) groups is 1. The third-order valence-corrected chi connectivity index (χ3v) is 7.83. The number of aliphatic hydroxyl groups is 2. The van der Waals surface area contributed by atoms with E-state index < -0.39 is 17.0 Å². The molecule has 0 aromatic rings. The first-order valence-electron chi connectivity index (χ1n) is 9.68. The molecule has 3 N–H and O–H groups in total. The summed E-state index contributed by atoms with van der Waals surface area (Å²) < 4.78 is 2.99. The Morgan fingerprint density at radius 3 is 2.42 bits per heavy atom. The quantitative estimate of drug-likeness (QED) is 0.218. The molecule has 0 aromatic carbocycles. The van der Waals surface area contributed by atoms with Crippen LogP contribution >= 0.6 is 10.7 Å². The Bertz CT molecular complexity index is 529. The van der Waals surface area contributed by atoms with Crippen LogP contribution in [0.3, 0.4) is 0 Å². The molecule has 1 aliphatic rings. The molecule has 1 aliphatic carbocycles. The fourth-order valence-corrected chi connectivity index (χ4v) is 4.93. The molecule has 0 saturated heterocycles. The zero-order chi connectivity index (χ0) is 19.9. The van der Waals surface area contributed by atoms with Crippen LogP contribution in [0.15, 0.2) is 24.3 Å². The molecule has 0 aromatic heterocycles. The lowest BCUT2D eigenvalue weighted by molar-refractivity contribution is -0.123. The van der Waals surface area contributed by atoms with Gasteiger partial charge in [0.05, 0.1) is 0 Å². The van der Waals surface area contributed by atoms with E-state index in [2.05, 4.69) is 37.9 Å². The van der Waals surface area contributed by atoms with Gasteiger partial charge in [-0.05, 0) is 43.9 Å². The summed E-state index contributed by atoms with van der Waals surface area (Å²) in [5.74, 6) is 5.50. The summed E-state index contributed by atoms with van der Waals surface area (Å²) in [5.41, 5.74) is 0.635. The highest BCUT2D eigenvalue weighted by molar-refractivity contribution is 8.13. The Hall–Kier alpha value is -0.910. The first kappa shape index (κ1) is 23.1. The maximum absolute atomic E-state index is 12.1. The summed E-state index contributed by atoms with van der Waals surface area (Å²) in [6.45, 7) is 11.9. The number of amides is 1. The van der Waals surface area contributed by atoms with Crippen molar-refractivity contribution in [3.63, 3.8) is 0 Å². The smallest absolute Gasteiger partial charge is 0.256 e. The van der Waals surface area contributed by atoms with E-state index in [-0.39, 0.29) is 17.1 Å². The molecule has 0 aliphatic heterocycles. The second-order valence-electron chi connectivity index (χ2n) is 7.85. The number of hydrogen-bond donors (Lipinski definition) is 3. The van der Waals surface area contributed by atoms with Crippen molar-refractivity contribution in [3.8, 4) is 0 Å². The zero-order valence-corrected chi connectivity index (χ0v) is 17.6.